The summed E-state index contributed by atoms with van der Waals surface area (Å²) in [6.07, 6.45) is 0. The molecule has 1 atom stereocenters. The van der Waals surface area contributed by atoms with E-state index in [1.165, 1.54) is 5.56 Å². The van der Waals surface area contributed by atoms with E-state index in [1.807, 2.05) is 44.2 Å². The van der Waals surface area contributed by atoms with Gasteiger partial charge in [0, 0.05) is 11.3 Å². The van der Waals surface area contributed by atoms with Gasteiger partial charge in [-0.1, -0.05) is 85.5 Å². The second kappa shape index (κ2) is 6.95. The van der Waals surface area contributed by atoms with Crippen molar-refractivity contribution in [1.82, 2.24) is 5.32 Å². The zero-order valence-electron chi connectivity index (χ0n) is 13.4. The van der Waals surface area contributed by atoms with Crippen LogP contribution in [0, 0.1) is 0 Å². The lowest BCUT2D eigenvalue weighted by Gasteiger charge is -2.23. The third-order valence-electron chi connectivity index (χ3n) is 3.66. The van der Waals surface area contributed by atoms with Gasteiger partial charge in [-0.25, -0.2) is 0 Å². The standard InChI is InChI=1S/C21H23N/c1-15(2)19-13-9-10-14-20(19)17(5)22-21(16(3)4)18-11-7-6-8-12-18/h6-14,21-22H,1,3,5H2,2,4H3. The van der Waals surface area contributed by atoms with Gasteiger partial charge in [0.15, 0.2) is 0 Å². The molecule has 0 aliphatic heterocycles. The molecular weight excluding hydrogens is 266 g/mol. The zero-order valence-corrected chi connectivity index (χ0v) is 13.4. The van der Waals surface area contributed by atoms with Crippen LogP contribution in [0.4, 0.5) is 0 Å². The van der Waals surface area contributed by atoms with Gasteiger partial charge in [0.25, 0.3) is 0 Å². The molecule has 2 rings (SSSR count). The van der Waals surface area contributed by atoms with Crippen molar-refractivity contribution in [2.45, 2.75) is 19.9 Å². The normalized spacial score (nSPS) is 11.5. The zero-order chi connectivity index (χ0) is 16.1. The van der Waals surface area contributed by atoms with Crippen LogP contribution in [0.15, 0.2) is 79.9 Å². The molecule has 0 spiro atoms. The molecule has 112 valence electrons. The van der Waals surface area contributed by atoms with Crippen molar-refractivity contribution in [2.75, 3.05) is 0 Å². The molecule has 1 nitrogen and oxygen atoms in total. The first-order chi connectivity index (χ1) is 10.5. The van der Waals surface area contributed by atoms with Crippen molar-refractivity contribution in [2.24, 2.45) is 0 Å². The van der Waals surface area contributed by atoms with Crippen LogP contribution in [0.5, 0.6) is 0 Å². The molecule has 0 amide bonds. The minimum absolute atomic E-state index is 0.0480. The summed E-state index contributed by atoms with van der Waals surface area (Å²) in [4.78, 5) is 0. The van der Waals surface area contributed by atoms with Crippen LogP contribution in [0.25, 0.3) is 11.3 Å². The number of rotatable bonds is 6. The second-order valence-electron chi connectivity index (χ2n) is 5.64. The average Bonchev–Trinajstić information content (AvgIpc) is 2.52. The topological polar surface area (TPSA) is 12.0 Å². The monoisotopic (exact) mass is 289 g/mol. The van der Waals surface area contributed by atoms with Crippen LogP contribution in [-0.2, 0) is 0 Å². The average molecular weight is 289 g/mol. The first-order valence-electron chi connectivity index (χ1n) is 7.41. The minimum atomic E-state index is 0.0480. The van der Waals surface area contributed by atoms with Crippen molar-refractivity contribution >= 4 is 11.3 Å². The molecule has 0 bridgehead atoms. The van der Waals surface area contributed by atoms with Gasteiger partial charge in [0.1, 0.15) is 0 Å². The van der Waals surface area contributed by atoms with Gasteiger partial charge in [0.2, 0.25) is 0 Å². The molecule has 0 heterocycles. The van der Waals surface area contributed by atoms with Gasteiger partial charge in [-0.15, -0.1) is 0 Å². The van der Waals surface area contributed by atoms with Crippen LogP contribution >= 0.6 is 0 Å². The lowest BCUT2D eigenvalue weighted by atomic mass is 9.97. The summed E-state index contributed by atoms with van der Waals surface area (Å²) in [5, 5.41) is 3.51. The maximum absolute atomic E-state index is 4.22. The molecule has 0 aliphatic rings. The van der Waals surface area contributed by atoms with E-state index >= 15 is 0 Å². The Balaban J connectivity index is 2.30. The number of allylic oxidation sites excluding steroid dienone is 1. The number of hydrogen-bond donors (Lipinski definition) is 1. The summed E-state index contributed by atoms with van der Waals surface area (Å²) in [6, 6.07) is 18.5. The summed E-state index contributed by atoms with van der Waals surface area (Å²) in [5.41, 5.74) is 6.36. The third-order valence-corrected chi connectivity index (χ3v) is 3.66. The molecule has 1 unspecified atom stereocenters. The van der Waals surface area contributed by atoms with Gasteiger partial charge < -0.3 is 5.32 Å². The van der Waals surface area contributed by atoms with Gasteiger partial charge in [-0.3, -0.25) is 0 Å². The Bertz CT molecular complexity index is 695. The Morgan fingerprint density at radius 2 is 1.36 bits per heavy atom. The molecule has 0 aliphatic carbocycles. The van der Waals surface area contributed by atoms with Gasteiger partial charge in [-0.2, -0.15) is 0 Å². The van der Waals surface area contributed by atoms with E-state index in [4.69, 9.17) is 0 Å². The third kappa shape index (κ3) is 3.56. The molecule has 0 radical (unpaired) electrons. The van der Waals surface area contributed by atoms with E-state index in [2.05, 4.69) is 49.3 Å². The largest absolute Gasteiger partial charge is 0.374 e. The van der Waals surface area contributed by atoms with E-state index in [0.717, 1.165) is 28.0 Å². The van der Waals surface area contributed by atoms with Crippen LogP contribution in [0.1, 0.15) is 36.6 Å². The predicted molar refractivity (Wildman–Crippen MR) is 97.3 cm³/mol. The smallest absolute Gasteiger partial charge is 0.0721 e. The highest BCUT2D eigenvalue weighted by molar-refractivity contribution is 5.76. The van der Waals surface area contributed by atoms with Crippen LogP contribution in [0.2, 0.25) is 0 Å². The fraction of sp³-hybridized carbons (Fsp3) is 0.143. The summed E-state index contributed by atoms with van der Waals surface area (Å²) in [5.74, 6) is 0. The first kappa shape index (κ1) is 15.8. The molecule has 0 fully saturated rings. The quantitative estimate of drug-likeness (QED) is 0.683. The van der Waals surface area contributed by atoms with E-state index in [-0.39, 0.29) is 6.04 Å². The van der Waals surface area contributed by atoms with Crippen molar-refractivity contribution < 1.29 is 0 Å². The molecule has 1 N–H and O–H groups in total. The summed E-state index contributed by atoms with van der Waals surface area (Å²) < 4.78 is 0. The maximum atomic E-state index is 4.22. The van der Waals surface area contributed by atoms with Gasteiger partial charge >= 0.3 is 0 Å². The number of nitrogens with one attached hydrogen (secondary N) is 1. The predicted octanol–water partition coefficient (Wildman–Crippen LogP) is 5.60. The van der Waals surface area contributed by atoms with E-state index in [9.17, 15) is 0 Å². The summed E-state index contributed by atoms with van der Waals surface area (Å²) in [6.45, 7) is 16.4. The molecule has 0 saturated heterocycles. The van der Waals surface area contributed by atoms with Crippen molar-refractivity contribution in [3.63, 3.8) is 0 Å². The molecule has 2 aromatic rings. The Morgan fingerprint density at radius 3 is 1.91 bits per heavy atom. The first-order valence-corrected chi connectivity index (χ1v) is 7.41. The number of benzene rings is 2. The highest BCUT2D eigenvalue weighted by Gasteiger charge is 2.14. The van der Waals surface area contributed by atoms with Crippen molar-refractivity contribution in [1.29, 1.82) is 0 Å². The lowest BCUT2D eigenvalue weighted by molar-refractivity contribution is 0.731. The second-order valence-corrected chi connectivity index (χ2v) is 5.64. The highest BCUT2D eigenvalue weighted by atomic mass is 14.9. The Morgan fingerprint density at radius 1 is 0.818 bits per heavy atom. The Kier molecular flexibility index (Phi) is 5.00. The SMILES string of the molecule is C=C(C)c1ccccc1C(=C)NC(C(=C)C)c1ccccc1. The van der Waals surface area contributed by atoms with Crippen LogP contribution < -0.4 is 5.32 Å². The molecule has 2 aromatic carbocycles. The fourth-order valence-electron chi connectivity index (χ4n) is 2.51. The van der Waals surface area contributed by atoms with Crippen molar-refractivity contribution in [3.05, 3.63) is 96.6 Å². The lowest BCUT2D eigenvalue weighted by Crippen LogP contribution is -2.20. The number of hydrogen-bond acceptors (Lipinski definition) is 1. The van der Waals surface area contributed by atoms with Gasteiger partial charge in [-0.05, 0) is 25.0 Å². The van der Waals surface area contributed by atoms with E-state index in [0.29, 0.717) is 0 Å². The Hall–Kier alpha value is -2.54. The van der Waals surface area contributed by atoms with Gasteiger partial charge in [0.05, 0.1) is 6.04 Å². The Labute approximate surface area is 133 Å². The molecule has 0 aromatic heterocycles. The summed E-state index contributed by atoms with van der Waals surface area (Å²) in [7, 11) is 0. The van der Waals surface area contributed by atoms with E-state index in [1.54, 1.807) is 0 Å². The van der Waals surface area contributed by atoms with Crippen molar-refractivity contribution in [3.8, 4) is 0 Å². The minimum Gasteiger partial charge on any atom is -0.374 e. The highest BCUT2D eigenvalue weighted by Crippen LogP contribution is 2.27. The van der Waals surface area contributed by atoms with Crippen LogP contribution in [-0.4, -0.2) is 0 Å². The molecule has 0 saturated carbocycles. The molecule has 1 heteroatoms. The summed E-state index contributed by atoms with van der Waals surface area (Å²) >= 11 is 0. The van der Waals surface area contributed by atoms with E-state index < -0.39 is 0 Å². The molecular formula is C21H23N. The van der Waals surface area contributed by atoms with Crippen LogP contribution in [0.3, 0.4) is 0 Å². The fourth-order valence-corrected chi connectivity index (χ4v) is 2.51. The molecule has 22 heavy (non-hydrogen) atoms. The maximum Gasteiger partial charge on any atom is 0.0721 e.